The molecule has 1 heterocycles. The first-order chi connectivity index (χ1) is 16.4. The van der Waals surface area contributed by atoms with E-state index in [4.69, 9.17) is 14.2 Å². The zero-order valence-corrected chi connectivity index (χ0v) is 20.6. The van der Waals surface area contributed by atoms with Crippen LogP contribution < -0.4 is 14.8 Å². The van der Waals surface area contributed by atoms with E-state index in [1.807, 2.05) is 82.3 Å². The van der Waals surface area contributed by atoms with Crippen molar-refractivity contribution in [2.24, 2.45) is 0 Å². The van der Waals surface area contributed by atoms with Crippen molar-refractivity contribution in [3.8, 4) is 17.2 Å². The Kier molecular flexibility index (Phi) is 9.05. The maximum Gasteiger partial charge on any atom is 0.257 e. The van der Waals surface area contributed by atoms with Crippen LogP contribution in [0.1, 0.15) is 55.9 Å². The van der Waals surface area contributed by atoms with Gasteiger partial charge in [0, 0.05) is 30.5 Å². The number of carbonyl (C=O) groups excluding carboxylic acids is 1. The largest absolute Gasteiger partial charge is 0.487 e. The van der Waals surface area contributed by atoms with Crippen LogP contribution in [0.5, 0.6) is 17.2 Å². The number of benzene rings is 2. The Bertz CT molecular complexity index is 1100. The highest BCUT2D eigenvalue weighted by Gasteiger charge is 2.14. The summed E-state index contributed by atoms with van der Waals surface area (Å²) in [7, 11) is 0. The summed E-state index contributed by atoms with van der Waals surface area (Å²) >= 11 is 0. The number of aromatic nitrogens is 1. The van der Waals surface area contributed by atoms with Gasteiger partial charge in [-0.25, -0.2) is 0 Å². The number of rotatable bonds is 11. The number of amides is 1. The maximum absolute atomic E-state index is 12.9. The summed E-state index contributed by atoms with van der Waals surface area (Å²) in [5, 5.41) is 2.95. The minimum absolute atomic E-state index is 0.0330. The molecule has 180 valence electrons. The van der Waals surface area contributed by atoms with E-state index in [0.29, 0.717) is 40.6 Å². The van der Waals surface area contributed by atoms with E-state index >= 15 is 0 Å². The van der Waals surface area contributed by atoms with Gasteiger partial charge in [0.2, 0.25) is 0 Å². The smallest absolute Gasteiger partial charge is 0.257 e. The second kappa shape index (κ2) is 12.2. The molecule has 0 aliphatic rings. The number of hydrogen-bond donors (Lipinski definition) is 1. The molecule has 2 aromatic carbocycles. The fourth-order valence-electron chi connectivity index (χ4n) is 3.49. The standard InChI is InChI=1S/C28H34N2O4/c1-6-16-32-20(4)17-23-14-15-25(21(5)29-23)28(31)30-22-10-9-11-24(18-22)34-27-13-8-7-12-26(27)33-19(2)3/h7-15,18-20H,6,16-17H2,1-5H3,(H,30,31). The van der Waals surface area contributed by atoms with Crippen LogP contribution in [0.15, 0.2) is 60.7 Å². The van der Waals surface area contributed by atoms with E-state index in [2.05, 4.69) is 17.2 Å². The molecule has 0 spiro atoms. The third-order valence-corrected chi connectivity index (χ3v) is 5.02. The summed E-state index contributed by atoms with van der Waals surface area (Å²) in [5.74, 6) is 1.67. The Labute approximate surface area is 202 Å². The Morgan fingerprint density at radius 3 is 2.47 bits per heavy atom. The zero-order chi connectivity index (χ0) is 24.5. The molecule has 6 nitrogen and oxygen atoms in total. The molecule has 0 bridgehead atoms. The molecular formula is C28H34N2O4. The van der Waals surface area contributed by atoms with Gasteiger partial charge in [0.25, 0.3) is 5.91 Å². The molecule has 1 atom stereocenters. The number of carbonyl (C=O) groups is 1. The van der Waals surface area contributed by atoms with Gasteiger partial charge < -0.3 is 19.5 Å². The Balaban J connectivity index is 1.68. The zero-order valence-electron chi connectivity index (χ0n) is 20.6. The topological polar surface area (TPSA) is 69.7 Å². The molecular weight excluding hydrogens is 428 g/mol. The van der Waals surface area contributed by atoms with Gasteiger partial charge in [0.05, 0.1) is 23.5 Å². The average Bonchev–Trinajstić information content (AvgIpc) is 2.79. The second-order valence-corrected chi connectivity index (χ2v) is 8.52. The first-order valence-corrected chi connectivity index (χ1v) is 11.8. The molecule has 1 amide bonds. The third-order valence-electron chi connectivity index (χ3n) is 5.02. The monoisotopic (exact) mass is 462 g/mol. The van der Waals surface area contributed by atoms with E-state index in [1.54, 1.807) is 6.07 Å². The molecule has 0 saturated carbocycles. The number of nitrogens with zero attached hydrogens (tertiary/aromatic N) is 1. The minimum atomic E-state index is -0.215. The van der Waals surface area contributed by atoms with Gasteiger partial charge in [0.15, 0.2) is 11.5 Å². The first-order valence-electron chi connectivity index (χ1n) is 11.8. The molecule has 1 N–H and O–H groups in total. The van der Waals surface area contributed by atoms with Gasteiger partial charge in [-0.15, -0.1) is 0 Å². The lowest BCUT2D eigenvalue weighted by Crippen LogP contribution is -2.16. The van der Waals surface area contributed by atoms with Crippen molar-refractivity contribution in [3.05, 3.63) is 77.6 Å². The minimum Gasteiger partial charge on any atom is -0.487 e. The summed E-state index contributed by atoms with van der Waals surface area (Å²) < 4.78 is 17.6. The number of pyridine rings is 1. The van der Waals surface area contributed by atoms with Crippen LogP contribution in [-0.2, 0) is 11.2 Å². The molecule has 0 aliphatic heterocycles. The molecule has 6 heteroatoms. The third kappa shape index (κ3) is 7.32. The summed E-state index contributed by atoms with van der Waals surface area (Å²) in [6.07, 6.45) is 1.82. The van der Waals surface area contributed by atoms with Crippen molar-refractivity contribution in [1.82, 2.24) is 4.98 Å². The van der Waals surface area contributed by atoms with Gasteiger partial charge in [-0.05, 0) is 70.5 Å². The Morgan fingerprint density at radius 2 is 1.76 bits per heavy atom. The number of aryl methyl sites for hydroxylation is 1. The van der Waals surface area contributed by atoms with Crippen LogP contribution in [0.3, 0.4) is 0 Å². The van der Waals surface area contributed by atoms with E-state index in [0.717, 1.165) is 18.7 Å². The molecule has 3 aromatic rings. The number of para-hydroxylation sites is 2. The molecule has 0 radical (unpaired) electrons. The number of ether oxygens (including phenoxy) is 3. The van der Waals surface area contributed by atoms with Crippen LogP contribution in [0, 0.1) is 6.92 Å². The van der Waals surface area contributed by atoms with E-state index in [9.17, 15) is 4.79 Å². The molecule has 1 aromatic heterocycles. The molecule has 3 rings (SSSR count). The lowest BCUT2D eigenvalue weighted by atomic mass is 10.1. The van der Waals surface area contributed by atoms with Gasteiger partial charge in [0.1, 0.15) is 5.75 Å². The molecule has 0 fully saturated rings. The van der Waals surface area contributed by atoms with Gasteiger partial charge in [-0.3, -0.25) is 9.78 Å². The van der Waals surface area contributed by atoms with Crippen molar-refractivity contribution in [1.29, 1.82) is 0 Å². The van der Waals surface area contributed by atoms with Crippen LogP contribution in [0.25, 0.3) is 0 Å². The second-order valence-electron chi connectivity index (χ2n) is 8.52. The summed E-state index contributed by atoms with van der Waals surface area (Å²) in [4.78, 5) is 17.5. The molecule has 0 aliphatic carbocycles. The molecule has 0 saturated heterocycles. The fourth-order valence-corrected chi connectivity index (χ4v) is 3.49. The van der Waals surface area contributed by atoms with E-state index in [-0.39, 0.29) is 18.1 Å². The first kappa shape index (κ1) is 25.2. The van der Waals surface area contributed by atoms with Crippen LogP contribution in [-0.4, -0.2) is 29.7 Å². The summed E-state index contributed by atoms with van der Waals surface area (Å²) in [6.45, 7) is 10.6. The van der Waals surface area contributed by atoms with Crippen molar-refractivity contribution in [2.45, 2.75) is 59.7 Å². The van der Waals surface area contributed by atoms with Crippen LogP contribution >= 0.6 is 0 Å². The predicted octanol–water partition coefficient (Wildman–Crippen LogP) is 6.58. The fraction of sp³-hybridized carbons (Fsp3) is 0.357. The molecule has 34 heavy (non-hydrogen) atoms. The molecule has 1 unspecified atom stereocenters. The number of nitrogens with one attached hydrogen (secondary N) is 1. The van der Waals surface area contributed by atoms with Crippen molar-refractivity contribution in [3.63, 3.8) is 0 Å². The lowest BCUT2D eigenvalue weighted by molar-refractivity contribution is 0.0663. The lowest BCUT2D eigenvalue weighted by Gasteiger charge is -2.15. The SMILES string of the molecule is CCCOC(C)Cc1ccc(C(=O)Nc2cccc(Oc3ccccc3OC(C)C)c2)c(C)n1. The normalized spacial score (nSPS) is 11.8. The average molecular weight is 463 g/mol. The highest BCUT2D eigenvalue weighted by atomic mass is 16.5. The predicted molar refractivity (Wildman–Crippen MR) is 135 cm³/mol. The Morgan fingerprint density at radius 1 is 1.00 bits per heavy atom. The van der Waals surface area contributed by atoms with Crippen molar-refractivity contribution < 1.29 is 19.0 Å². The summed E-state index contributed by atoms with van der Waals surface area (Å²) in [5.41, 5.74) is 2.77. The van der Waals surface area contributed by atoms with Crippen LogP contribution in [0.4, 0.5) is 5.69 Å². The number of hydrogen-bond acceptors (Lipinski definition) is 5. The van der Waals surface area contributed by atoms with Crippen molar-refractivity contribution >= 4 is 11.6 Å². The van der Waals surface area contributed by atoms with E-state index in [1.165, 1.54) is 0 Å². The van der Waals surface area contributed by atoms with Gasteiger partial charge in [-0.1, -0.05) is 25.1 Å². The van der Waals surface area contributed by atoms with E-state index < -0.39 is 0 Å². The highest BCUT2D eigenvalue weighted by molar-refractivity contribution is 6.05. The van der Waals surface area contributed by atoms with Gasteiger partial charge >= 0.3 is 0 Å². The number of anilines is 1. The van der Waals surface area contributed by atoms with Gasteiger partial charge in [-0.2, -0.15) is 0 Å². The Hall–Kier alpha value is -3.38. The maximum atomic E-state index is 12.9. The highest BCUT2D eigenvalue weighted by Crippen LogP contribution is 2.33. The van der Waals surface area contributed by atoms with Crippen LogP contribution in [0.2, 0.25) is 0 Å². The summed E-state index contributed by atoms with van der Waals surface area (Å²) in [6, 6.07) is 18.5. The quantitative estimate of drug-likeness (QED) is 0.349. The van der Waals surface area contributed by atoms with Crippen molar-refractivity contribution in [2.75, 3.05) is 11.9 Å².